The maximum atomic E-state index is 12.6. The van der Waals surface area contributed by atoms with Crippen LogP contribution in [0, 0.1) is 0 Å². The quantitative estimate of drug-likeness (QED) is 0.879. The Morgan fingerprint density at radius 1 is 1.35 bits per heavy atom. The van der Waals surface area contributed by atoms with Gasteiger partial charge in [0.25, 0.3) is 0 Å². The van der Waals surface area contributed by atoms with E-state index < -0.39 is 17.7 Å². The summed E-state index contributed by atoms with van der Waals surface area (Å²) in [6.07, 6.45) is -1.27. The van der Waals surface area contributed by atoms with Gasteiger partial charge in [0.15, 0.2) is 5.82 Å². The van der Waals surface area contributed by atoms with Crippen molar-refractivity contribution < 1.29 is 23.1 Å². The predicted molar refractivity (Wildman–Crippen MR) is 63.4 cm³/mol. The van der Waals surface area contributed by atoms with E-state index in [4.69, 9.17) is 5.11 Å². The summed E-state index contributed by atoms with van der Waals surface area (Å²) in [7, 11) is 0. The van der Waals surface area contributed by atoms with E-state index >= 15 is 0 Å². The van der Waals surface area contributed by atoms with Crippen LogP contribution in [0.15, 0.2) is 36.7 Å². The van der Waals surface area contributed by atoms with Crippen LogP contribution in [0.25, 0.3) is 17.6 Å². The Balaban J connectivity index is 2.31. The Hall–Kier alpha value is -2.64. The highest BCUT2D eigenvalue weighted by molar-refractivity contribution is 5.82. The molecule has 0 aliphatic carbocycles. The number of halogens is 3. The first-order valence-electron chi connectivity index (χ1n) is 5.36. The number of benzene rings is 1. The molecular formula is C12H8F3N3O2. The minimum atomic E-state index is -4.44. The zero-order chi connectivity index (χ0) is 14.8. The molecule has 0 spiro atoms. The van der Waals surface area contributed by atoms with Crippen molar-refractivity contribution in [3.63, 3.8) is 0 Å². The van der Waals surface area contributed by atoms with Crippen molar-refractivity contribution >= 4 is 12.2 Å². The largest absolute Gasteiger partial charge is 0.478 e. The van der Waals surface area contributed by atoms with Crippen LogP contribution >= 0.6 is 0 Å². The Morgan fingerprint density at radius 2 is 2.10 bits per heavy atom. The number of hydrogen-bond acceptors (Lipinski definition) is 3. The third-order valence-electron chi connectivity index (χ3n) is 2.33. The summed E-state index contributed by atoms with van der Waals surface area (Å²) < 4.78 is 38.8. The second kappa shape index (κ2) is 5.16. The molecule has 0 radical (unpaired) electrons. The maximum Gasteiger partial charge on any atom is 0.416 e. The van der Waals surface area contributed by atoms with Gasteiger partial charge in [0.05, 0.1) is 5.56 Å². The number of carboxylic acids is 1. The smallest absolute Gasteiger partial charge is 0.416 e. The van der Waals surface area contributed by atoms with Crippen molar-refractivity contribution in [2.75, 3.05) is 0 Å². The average Bonchev–Trinajstić information content (AvgIpc) is 2.84. The van der Waals surface area contributed by atoms with Crippen molar-refractivity contribution in [3.05, 3.63) is 42.2 Å². The van der Waals surface area contributed by atoms with Gasteiger partial charge < -0.3 is 5.11 Å². The zero-order valence-corrected chi connectivity index (χ0v) is 9.87. The van der Waals surface area contributed by atoms with Crippen molar-refractivity contribution in [1.29, 1.82) is 0 Å². The molecule has 2 rings (SSSR count). The molecule has 20 heavy (non-hydrogen) atoms. The highest BCUT2D eigenvalue weighted by Gasteiger charge is 2.30. The molecule has 104 valence electrons. The summed E-state index contributed by atoms with van der Waals surface area (Å²) in [6.45, 7) is 0. The first kappa shape index (κ1) is 13.8. The van der Waals surface area contributed by atoms with Crippen molar-refractivity contribution in [2.24, 2.45) is 0 Å². The number of hydrogen-bond donors (Lipinski definition) is 1. The molecule has 0 amide bonds. The minimum Gasteiger partial charge on any atom is -0.478 e. The lowest BCUT2D eigenvalue weighted by atomic mass is 10.1. The molecule has 1 N–H and O–H groups in total. The topological polar surface area (TPSA) is 68.0 Å². The number of alkyl halides is 3. The second-order valence-electron chi connectivity index (χ2n) is 3.78. The molecule has 0 aliphatic heterocycles. The van der Waals surface area contributed by atoms with Crippen molar-refractivity contribution in [2.45, 2.75) is 6.18 Å². The third-order valence-corrected chi connectivity index (χ3v) is 2.33. The first-order valence-corrected chi connectivity index (χ1v) is 5.36. The van der Waals surface area contributed by atoms with Crippen LogP contribution in [0.5, 0.6) is 0 Å². The van der Waals surface area contributed by atoms with E-state index in [9.17, 15) is 18.0 Å². The molecule has 0 atom stereocenters. The molecule has 1 aromatic carbocycles. The van der Waals surface area contributed by atoms with Gasteiger partial charge in [-0.25, -0.2) is 14.5 Å². The summed E-state index contributed by atoms with van der Waals surface area (Å²) in [5.74, 6) is -1.09. The molecule has 0 saturated carbocycles. The Kier molecular flexibility index (Phi) is 3.55. The normalized spacial score (nSPS) is 11.9. The summed E-state index contributed by atoms with van der Waals surface area (Å²) in [5.41, 5.74) is -0.602. The SMILES string of the molecule is O=C(O)/C=C\n1cnc(-c2cccc(C(F)(F)F)c2)n1. The summed E-state index contributed by atoms with van der Waals surface area (Å²) >= 11 is 0. The van der Waals surface area contributed by atoms with Crippen LogP contribution < -0.4 is 0 Å². The fourth-order valence-corrected chi connectivity index (χ4v) is 1.45. The Morgan fingerprint density at radius 3 is 2.75 bits per heavy atom. The number of nitrogens with zero attached hydrogens (tertiary/aromatic N) is 3. The van der Waals surface area contributed by atoms with Gasteiger partial charge in [-0.05, 0) is 12.1 Å². The van der Waals surface area contributed by atoms with Gasteiger partial charge in [-0.15, -0.1) is 5.10 Å². The molecule has 0 saturated heterocycles. The molecule has 0 unspecified atom stereocenters. The average molecular weight is 283 g/mol. The molecule has 2 aromatic rings. The lowest BCUT2D eigenvalue weighted by Crippen LogP contribution is -2.04. The summed E-state index contributed by atoms with van der Waals surface area (Å²) in [5, 5.41) is 12.3. The van der Waals surface area contributed by atoms with Gasteiger partial charge in [0.2, 0.25) is 0 Å². The lowest BCUT2D eigenvalue weighted by molar-refractivity contribution is -0.137. The molecule has 1 heterocycles. The van der Waals surface area contributed by atoms with E-state index in [-0.39, 0.29) is 11.4 Å². The zero-order valence-electron chi connectivity index (χ0n) is 9.87. The van der Waals surface area contributed by atoms with Gasteiger partial charge >= 0.3 is 12.1 Å². The van der Waals surface area contributed by atoms with Crippen molar-refractivity contribution in [3.8, 4) is 11.4 Å². The number of carboxylic acid groups (broad SMARTS) is 1. The van der Waals surface area contributed by atoms with E-state index in [0.717, 1.165) is 29.1 Å². The fraction of sp³-hybridized carbons (Fsp3) is 0.0833. The van der Waals surface area contributed by atoms with E-state index in [1.807, 2.05) is 0 Å². The van der Waals surface area contributed by atoms with Gasteiger partial charge in [-0.2, -0.15) is 13.2 Å². The van der Waals surface area contributed by atoms with Crippen LogP contribution in [0.1, 0.15) is 5.56 Å². The molecule has 1 aromatic heterocycles. The van der Waals surface area contributed by atoms with E-state index in [1.165, 1.54) is 18.5 Å². The van der Waals surface area contributed by atoms with Crippen LogP contribution in [0.3, 0.4) is 0 Å². The predicted octanol–water partition coefficient (Wildman–Crippen LogP) is 2.52. The molecule has 8 heteroatoms. The number of rotatable bonds is 3. The van der Waals surface area contributed by atoms with Gasteiger partial charge in [0, 0.05) is 17.8 Å². The summed E-state index contributed by atoms with van der Waals surface area (Å²) in [6, 6.07) is 4.58. The van der Waals surface area contributed by atoms with E-state index in [2.05, 4.69) is 10.1 Å². The highest BCUT2D eigenvalue weighted by Crippen LogP contribution is 2.31. The van der Waals surface area contributed by atoms with Crippen LogP contribution in [-0.4, -0.2) is 25.8 Å². The molecule has 5 nitrogen and oxygen atoms in total. The van der Waals surface area contributed by atoms with Crippen LogP contribution in [0.4, 0.5) is 13.2 Å². The monoisotopic (exact) mass is 283 g/mol. The molecule has 0 bridgehead atoms. The van der Waals surface area contributed by atoms with E-state index in [1.54, 1.807) is 0 Å². The molecular weight excluding hydrogens is 275 g/mol. The third kappa shape index (κ3) is 3.22. The van der Waals surface area contributed by atoms with Gasteiger partial charge in [-0.1, -0.05) is 12.1 Å². The van der Waals surface area contributed by atoms with Crippen LogP contribution in [0.2, 0.25) is 0 Å². The summed E-state index contributed by atoms with van der Waals surface area (Å²) in [4.78, 5) is 14.2. The minimum absolute atomic E-state index is 0.0751. The van der Waals surface area contributed by atoms with Crippen molar-refractivity contribution in [1.82, 2.24) is 14.8 Å². The molecule has 0 aliphatic rings. The maximum absolute atomic E-state index is 12.6. The fourth-order valence-electron chi connectivity index (χ4n) is 1.45. The standard InChI is InChI=1S/C12H8F3N3O2/c13-12(14,15)9-3-1-2-8(6-9)11-16-7-18(17-11)5-4-10(19)20/h1-7H,(H,19,20)/b5-4-. The van der Waals surface area contributed by atoms with Crippen LogP contribution in [-0.2, 0) is 11.0 Å². The van der Waals surface area contributed by atoms with Gasteiger partial charge in [-0.3, -0.25) is 0 Å². The number of aliphatic carboxylic acids is 1. The molecule has 0 fully saturated rings. The second-order valence-corrected chi connectivity index (χ2v) is 3.78. The number of aromatic nitrogens is 3. The van der Waals surface area contributed by atoms with Gasteiger partial charge in [0.1, 0.15) is 6.33 Å². The number of carbonyl (C=O) groups is 1. The lowest BCUT2D eigenvalue weighted by Gasteiger charge is -2.06. The highest BCUT2D eigenvalue weighted by atomic mass is 19.4. The van der Waals surface area contributed by atoms with E-state index in [0.29, 0.717) is 0 Å². The first-order chi connectivity index (χ1) is 9.36. The Labute approximate surface area is 111 Å². The Bertz CT molecular complexity index is 662.